The van der Waals surface area contributed by atoms with Gasteiger partial charge in [0, 0.05) is 10.5 Å². The van der Waals surface area contributed by atoms with Crippen LogP contribution < -0.4 is 14.9 Å². The van der Waals surface area contributed by atoms with Crippen molar-refractivity contribution in [1.29, 1.82) is 0 Å². The normalized spacial score (nSPS) is 12.3. The molecule has 30 heavy (non-hydrogen) atoms. The van der Waals surface area contributed by atoms with Crippen LogP contribution in [0.25, 0.3) is 11.3 Å². The summed E-state index contributed by atoms with van der Waals surface area (Å²) < 4.78 is 16.7. The van der Waals surface area contributed by atoms with E-state index in [2.05, 4.69) is 26.5 Å². The fourth-order valence-corrected chi connectivity index (χ4v) is 3.22. The number of hydrogen-bond acceptors (Lipinski definition) is 7. The monoisotopic (exact) mass is 471 g/mol. The molecule has 9 nitrogen and oxygen atoms in total. The zero-order valence-corrected chi connectivity index (χ0v) is 16.9. The van der Waals surface area contributed by atoms with E-state index in [1.165, 1.54) is 12.3 Å². The van der Waals surface area contributed by atoms with Crippen LogP contribution in [-0.2, 0) is 11.2 Å². The second-order valence-electron chi connectivity index (χ2n) is 6.28. The Morgan fingerprint density at radius 2 is 2.00 bits per heavy atom. The van der Waals surface area contributed by atoms with Gasteiger partial charge < -0.3 is 13.9 Å². The molecule has 0 spiro atoms. The van der Waals surface area contributed by atoms with Crippen molar-refractivity contribution in [3.63, 3.8) is 0 Å². The summed E-state index contributed by atoms with van der Waals surface area (Å²) in [6, 6.07) is 13.2. The van der Waals surface area contributed by atoms with E-state index in [-0.39, 0.29) is 24.8 Å². The Morgan fingerprint density at radius 1 is 1.17 bits per heavy atom. The fraction of sp³-hybridized carbons (Fsp3) is 0.100. The minimum Gasteiger partial charge on any atom is -0.455 e. The summed E-state index contributed by atoms with van der Waals surface area (Å²) in [4.78, 5) is 22.9. The Hall–Kier alpha value is -3.66. The first kappa shape index (κ1) is 19.6. The quantitative estimate of drug-likeness (QED) is 0.329. The van der Waals surface area contributed by atoms with Gasteiger partial charge in [0.1, 0.15) is 11.5 Å². The largest absolute Gasteiger partial charge is 0.455 e. The van der Waals surface area contributed by atoms with Gasteiger partial charge in [0.15, 0.2) is 11.5 Å². The summed E-state index contributed by atoms with van der Waals surface area (Å²) in [7, 11) is 0. The summed E-state index contributed by atoms with van der Waals surface area (Å²) in [6.45, 7) is 0.170. The van der Waals surface area contributed by atoms with Crippen molar-refractivity contribution in [2.45, 2.75) is 6.42 Å². The Kier molecular flexibility index (Phi) is 5.48. The van der Waals surface area contributed by atoms with Crippen molar-refractivity contribution in [1.82, 2.24) is 5.43 Å². The standard InChI is InChI=1S/C20H14BrN3O6/c21-13-2-4-15(16(9-13)24(26)27)17-6-3-14(30-17)10-22-23-20(25)8-12-1-5-18-19(7-12)29-11-28-18/h1-7,9-10H,8,11H2,(H,23,25)/b22-10-. The Morgan fingerprint density at radius 3 is 2.83 bits per heavy atom. The third kappa shape index (κ3) is 4.33. The molecule has 4 rings (SSSR count). The molecule has 2 heterocycles. The van der Waals surface area contributed by atoms with Crippen molar-refractivity contribution >= 4 is 33.7 Å². The number of nitro benzene ring substituents is 1. The van der Waals surface area contributed by atoms with E-state index in [4.69, 9.17) is 13.9 Å². The highest BCUT2D eigenvalue weighted by Gasteiger charge is 2.18. The van der Waals surface area contributed by atoms with Crippen LogP contribution in [0.15, 0.2) is 62.5 Å². The highest BCUT2D eigenvalue weighted by molar-refractivity contribution is 9.10. The van der Waals surface area contributed by atoms with Gasteiger partial charge in [0.25, 0.3) is 5.69 Å². The van der Waals surface area contributed by atoms with E-state index in [1.54, 1.807) is 42.5 Å². The minimum atomic E-state index is -0.479. The molecule has 1 N–H and O–H groups in total. The number of furan rings is 1. The number of hydrogen-bond donors (Lipinski definition) is 1. The molecular weight excluding hydrogens is 458 g/mol. The Bertz CT molecular complexity index is 1160. The van der Waals surface area contributed by atoms with Gasteiger partial charge in [0.2, 0.25) is 12.7 Å². The molecule has 1 aromatic heterocycles. The minimum absolute atomic E-state index is 0.0840. The predicted molar refractivity (Wildman–Crippen MR) is 111 cm³/mol. The van der Waals surface area contributed by atoms with E-state index >= 15 is 0 Å². The molecule has 0 radical (unpaired) electrons. The van der Waals surface area contributed by atoms with E-state index < -0.39 is 4.92 Å². The van der Waals surface area contributed by atoms with Gasteiger partial charge in [-0.15, -0.1) is 0 Å². The summed E-state index contributed by atoms with van der Waals surface area (Å²) in [5, 5.41) is 15.1. The SMILES string of the molecule is O=C(Cc1ccc2c(c1)OCO2)N/N=C\c1ccc(-c2ccc(Br)cc2[N+](=O)[O-])o1. The van der Waals surface area contributed by atoms with E-state index in [0.717, 1.165) is 5.56 Å². The van der Waals surface area contributed by atoms with Gasteiger partial charge in [-0.05, 0) is 42.0 Å². The molecule has 152 valence electrons. The van der Waals surface area contributed by atoms with Crippen molar-refractivity contribution in [2.75, 3.05) is 6.79 Å². The number of rotatable bonds is 6. The smallest absolute Gasteiger partial charge is 0.281 e. The molecule has 0 saturated heterocycles. The van der Waals surface area contributed by atoms with Gasteiger partial charge in [0.05, 0.1) is 23.1 Å². The van der Waals surface area contributed by atoms with Crippen LogP contribution >= 0.6 is 15.9 Å². The Labute approximate surface area is 178 Å². The van der Waals surface area contributed by atoms with Crippen LogP contribution in [0.3, 0.4) is 0 Å². The maximum atomic E-state index is 12.1. The zero-order valence-electron chi connectivity index (χ0n) is 15.3. The third-order valence-electron chi connectivity index (χ3n) is 4.23. The van der Waals surface area contributed by atoms with Crippen LogP contribution in [-0.4, -0.2) is 23.8 Å². The summed E-state index contributed by atoms with van der Waals surface area (Å²) >= 11 is 3.22. The van der Waals surface area contributed by atoms with Crippen molar-refractivity contribution in [2.24, 2.45) is 5.10 Å². The van der Waals surface area contributed by atoms with Crippen LogP contribution in [0.1, 0.15) is 11.3 Å². The molecule has 0 aliphatic carbocycles. The number of nitrogens with one attached hydrogen (secondary N) is 1. The van der Waals surface area contributed by atoms with E-state index in [0.29, 0.717) is 33.1 Å². The number of amides is 1. The number of benzene rings is 2. The summed E-state index contributed by atoms with van der Waals surface area (Å²) in [5.41, 5.74) is 3.43. The number of nitro groups is 1. The van der Waals surface area contributed by atoms with Crippen LogP contribution in [0.5, 0.6) is 11.5 Å². The number of ether oxygens (including phenoxy) is 2. The maximum Gasteiger partial charge on any atom is 0.281 e. The maximum absolute atomic E-state index is 12.1. The molecular formula is C20H14BrN3O6. The highest BCUT2D eigenvalue weighted by Crippen LogP contribution is 2.34. The Balaban J connectivity index is 1.39. The van der Waals surface area contributed by atoms with Gasteiger partial charge in [-0.1, -0.05) is 22.0 Å². The van der Waals surface area contributed by atoms with Crippen LogP contribution in [0.2, 0.25) is 0 Å². The second-order valence-corrected chi connectivity index (χ2v) is 7.19. The van der Waals surface area contributed by atoms with Crippen molar-refractivity contribution in [3.05, 3.63) is 74.4 Å². The van der Waals surface area contributed by atoms with E-state index in [1.807, 2.05) is 0 Å². The third-order valence-corrected chi connectivity index (χ3v) is 4.72. The number of carbonyl (C=O) groups is 1. The number of nitrogens with zero attached hydrogens (tertiary/aromatic N) is 2. The summed E-state index contributed by atoms with van der Waals surface area (Å²) in [6.07, 6.45) is 1.44. The lowest BCUT2D eigenvalue weighted by Gasteiger charge is -2.02. The molecule has 3 aromatic rings. The van der Waals surface area contributed by atoms with Crippen molar-refractivity contribution in [3.8, 4) is 22.8 Å². The van der Waals surface area contributed by atoms with Crippen molar-refractivity contribution < 1.29 is 23.6 Å². The number of fused-ring (bicyclic) bond motifs is 1. The number of hydrazone groups is 1. The lowest BCUT2D eigenvalue weighted by molar-refractivity contribution is -0.384. The molecule has 0 fully saturated rings. The molecule has 1 aliphatic heterocycles. The first-order valence-corrected chi connectivity index (χ1v) is 9.53. The van der Waals surface area contributed by atoms with Crippen LogP contribution in [0.4, 0.5) is 5.69 Å². The first-order valence-electron chi connectivity index (χ1n) is 8.74. The van der Waals surface area contributed by atoms with Gasteiger partial charge in [-0.25, -0.2) is 5.43 Å². The average molecular weight is 472 g/mol. The molecule has 1 aliphatic rings. The lowest BCUT2D eigenvalue weighted by Crippen LogP contribution is -2.19. The molecule has 0 atom stereocenters. The average Bonchev–Trinajstić information content (AvgIpc) is 3.37. The molecule has 0 unspecified atom stereocenters. The fourth-order valence-electron chi connectivity index (χ4n) is 2.87. The predicted octanol–water partition coefficient (Wildman–Crippen LogP) is 4.04. The molecule has 0 saturated carbocycles. The molecule has 0 bridgehead atoms. The molecule has 1 amide bonds. The van der Waals surface area contributed by atoms with Gasteiger partial charge in [-0.2, -0.15) is 5.10 Å². The topological polar surface area (TPSA) is 116 Å². The zero-order chi connectivity index (χ0) is 21.1. The van der Waals surface area contributed by atoms with E-state index in [9.17, 15) is 14.9 Å². The number of carbonyl (C=O) groups excluding carboxylic acids is 1. The number of halogens is 1. The molecule has 10 heteroatoms. The second kappa shape index (κ2) is 8.37. The summed E-state index contributed by atoms with van der Waals surface area (Å²) in [5.74, 6) is 1.60. The first-order chi connectivity index (χ1) is 14.5. The molecule has 2 aromatic carbocycles. The van der Waals surface area contributed by atoms with Crippen LogP contribution in [0, 0.1) is 10.1 Å². The highest BCUT2D eigenvalue weighted by atomic mass is 79.9. The van der Waals surface area contributed by atoms with Gasteiger partial charge in [-0.3, -0.25) is 14.9 Å². The lowest BCUT2D eigenvalue weighted by atomic mass is 10.1. The van der Waals surface area contributed by atoms with Gasteiger partial charge >= 0.3 is 0 Å².